The zero-order valence-corrected chi connectivity index (χ0v) is 9.22. The van der Waals surface area contributed by atoms with Gasteiger partial charge in [0.15, 0.2) is 5.78 Å². The van der Waals surface area contributed by atoms with E-state index in [1.165, 1.54) is 0 Å². The molecule has 0 heterocycles. The highest BCUT2D eigenvalue weighted by Gasteiger charge is 2.11. The highest BCUT2D eigenvalue weighted by Crippen LogP contribution is 2.00. The lowest BCUT2D eigenvalue weighted by atomic mass is 10.0. The van der Waals surface area contributed by atoms with Gasteiger partial charge in [0.25, 0.3) is 0 Å². The quantitative estimate of drug-likeness (QED) is 0.622. The van der Waals surface area contributed by atoms with Gasteiger partial charge in [-0.15, -0.1) is 0 Å². The van der Waals surface area contributed by atoms with Crippen LogP contribution >= 0.6 is 0 Å². The van der Waals surface area contributed by atoms with E-state index < -0.39 is 0 Å². The van der Waals surface area contributed by atoms with Crippen molar-refractivity contribution in [2.45, 2.75) is 27.2 Å². The van der Waals surface area contributed by atoms with Gasteiger partial charge in [-0.1, -0.05) is 20.8 Å². The number of carbonyl (C=O) groups excluding carboxylic acids is 2. The molecule has 0 spiro atoms. The highest BCUT2D eigenvalue weighted by molar-refractivity contribution is 5.87. The third-order valence-corrected chi connectivity index (χ3v) is 2.16. The fourth-order valence-electron chi connectivity index (χ4n) is 0.889. The van der Waals surface area contributed by atoms with Crippen molar-refractivity contribution in [1.29, 1.82) is 0 Å². The minimum Gasteiger partial charge on any atom is -0.348 e. The van der Waals surface area contributed by atoms with Crippen molar-refractivity contribution < 1.29 is 9.59 Å². The second-order valence-electron chi connectivity index (χ2n) is 3.33. The molecule has 1 amide bonds. The van der Waals surface area contributed by atoms with E-state index in [4.69, 9.17) is 0 Å². The van der Waals surface area contributed by atoms with Gasteiger partial charge in [-0.25, -0.2) is 0 Å². The van der Waals surface area contributed by atoms with E-state index in [0.29, 0.717) is 0 Å². The summed E-state index contributed by atoms with van der Waals surface area (Å²) in [4.78, 5) is 22.4. The summed E-state index contributed by atoms with van der Waals surface area (Å²) in [6.07, 6.45) is 0.821. The normalized spacial score (nSPS) is 12.2. The van der Waals surface area contributed by atoms with Crippen LogP contribution in [0.25, 0.3) is 0 Å². The molecule has 0 aromatic rings. The molecule has 0 aliphatic carbocycles. The van der Waals surface area contributed by atoms with Crippen LogP contribution in [0.1, 0.15) is 27.2 Å². The molecule has 1 unspecified atom stereocenters. The lowest BCUT2D eigenvalue weighted by Gasteiger charge is -2.08. The van der Waals surface area contributed by atoms with Crippen molar-refractivity contribution in [3.8, 4) is 0 Å². The molecule has 0 fully saturated rings. The molecule has 0 saturated heterocycles. The predicted octanol–water partition coefficient (Wildman–Crippen LogP) is 0.327. The van der Waals surface area contributed by atoms with Gasteiger partial charge in [-0.3, -0.25) is 9.59 Å². The largest absolute Gasteiger partial charge is 0.348 e. The summed E-state index contributed by atoms with van der Waals surface area (Å²) >= 11 is 0. The topological polar surface area (TPSA) is 58.2 Å². The van der Waals surface area contributed by atoms with Crippen LogP contribution in [0.2, 0.25) is 0 Å². The molecule has 0 aromatic carbocycles. The molecule has 4 nitrogen and oxygen atoms in total. The molecule has 0 saturated carbocycles. The Hall–Kier alpha value is -0.900. The first-order chi connectivity index (χ1) is 6.61. The Kier molecular flexibility index (Phi) is 7.02. The Bertz CT molecular complexity index is 193. The van der Waals surface area contributed by atoms with Crippen LogP contribution in [-0.2, 0) is 9.59 Å². The minimum atomic E-state index is -0.122. The number of hydrogen-bond donors (Lipinski definition) is 2. The van der Waals surface area contributed by atoms with Gasteiger partial charge in [-0.05, 0) is 13.0 Å². The summed E-state index contributed by atoms with van der Waals surface area (Å²) in [6, 6.07) is 0. The van der Waals surface area contributed by atoms with E-state index in [2.05, 4.69) is 10.6 Å². The summed E-state index contributed by atoms with van der Waals surface area (Å²) in [5.41, 5.74) is 0. The molecule has 82 valence electrons. The van der Waals surface area contributed by atoms with Gasteiger partial charge in [0.1, 0.15) is 0 Å². The van der Waals surface area contributed by atoms with Gasteiger partial charge in [0, 0.05) is 5.92 Å². The molecule has 4 heteroatoms. The standard InChI is InChI=1S/C10H20N2O2/c1-4-8(3)9(13)6-12-10(14)7-11-5-2/h8,11H,4-7H2,1-3H3,(H,12,14). The van der Waals surface area contributed by atoms with Gasteiger partial charge in [0.05, 0.1) is 13.1 Å². The summed E-state index contributed by atoms with van der Waals surface area (Å²) in [5, 5.41) is 5.47. The molecule has 0 aliphatic rings. The number of Topliss-reactive ketones (excluding diaryl/α,β-unsaturated/α-hetero) is 1. The van der Waals surface area contributed by atoms with Crippen LogP contribution in [0.3, 0.4) is 0 Å². The number of hydrogen-bond acceptors (Lipinski definition) is 3. The second-order valence-corrected chi connectivity index (χ2v) is 3.33. The smallest absolute Gasteiger partial charge is 0.234 e. The first-order valence-electron chi connectivity index (χ1n) is 5.11. The van der Waals surface area contributed by atoms with Gasteiger partial charge in [-0.2, -0.15) is 0 Å². The van der Waals surface area contributed by atoms with E-state index in [0.717, 1.165) is 13.0 Å². The van der Waals surface area contributed by atoms with Gasteiger partial charge >= 0.3 is 0 Å². The van der Waals surface area contributed by atoms with Crippen LogP contribution in [-0.4, -0.2) is 31.3 Å². The van der Waals surface area contributed by atoms with Crippen molar-refractivity contribution in [2.75, 3.05) is 19.6 Å². The highest BCUT2D eigenvalue weighted by atomic mass is 16.2. The monoisotopic (exact) mass is 200 g/mol. The van der Waals surface area contributed by atoms with Crippen LogP contribution in [0.5, 0.6) is 0 Å². The molecule has 0 rings (SSSR count). The van der Waals surface area contributed by atoms with Crippen molar-refractivity contribution in [3.05, 3.63) is 0 Å². The number of amides is 1. The third kappa shape index (κ3) is 5.70. The minimum absolute atomic E-state index is 0.0365. The van der Waals surface area contributed by atoms with Crippen LogP contribution in [0.15, 0.2) is 0 Å². The summed E-state index contributed by atoms with van der Waals surface area (Å²) < 4.78 is 0. The van der Waals surface area contributed by atoms with Crippen molar-refractivity contribution in [2.24, 2.45) is 5.92 Å². The van der Waals surface area contributed by atoms with E-state index in [1.54, 1.807) is 0 Å². The maximum absolute atomic E-state index is 11.3. The number of nitrogens with one attached hydrogen (secondary N) is 2. The van der Waals surface area contributed by atoms with E-state index >= 15 is 0 Å². The van der Waals surface area contributed by atoms with Gasteiger partial charge < -0.3 is 10.6 Å². The Morgan fingerprint density at radius 3 is 2.36 bits per heavy atom. The van der Waals surface area contributed by atoms with Crippen LogP contribution in [0, 0.1) is 5.92 Å². The Labute approximate surface area is 85.4 Å². The Morgan fingerprint density at radius 1 is 1.21 bits per heavy atom. The molecule has 2 N–H and O–H groups in total. The molecular weight excluding hydrogens is 180 g/mol. The van der Waals surface area contributed by atoms with Crippen molar-refractivity contribution in [1.82, 2.24) is 10.6 Å². The Balaban J connectivity index is 3.61. The second kappa shape index (κ2) is 7.50. The zero-order chi connectivity index (χ0) is 11.0. The number of rotatable bonds is 7. The average Bonchev–Trinajstić information content (AvgIpc) is 2.21. The zero-order valence-electron chi connectivity index (χ0n) is 9.22. The van der Waals surface area contributed by atoms with Crippen molar-refractivity contribution in [3.63, 3.8) is 0 Å². The fraction of sp³-hybridized carbons (Fsp3) is 0.800. The Morgan fingerprint density at radius 2 is 1.86 bits per heavy atom. The third-order valence-electron chi connectivity index (χ3n) is 2.16. The van der Waals surface area contributed by atoms with Crippen molar-refractivity contribution >= 4 is 11.7 Å². The maximum atomic E-state index is 11.3. The average molecular weight is 200 g/mol. The molecule has 0 bridgehead atoms. The summed E-state index contributed by atoms with van der Waals surface area (Å²) in [6.45, 7) is 6.95. The SMILES string of the molecule is CCNCC(=O)NCC(=O)C(C)CC. The number of carbonyl (C=O) groups is 2. The van der Waals surface area contributed by atoms with Crippen LogP contribution < -0.4 is 10.6 Å². The fourth-order valence-corrected chi connectivity index (χ4v) is 0.889. The van der Waals surface area contributed by atoms with E-state index in [-0.39, 0.29) is 30.7 Å². The summed E-state index contributed by atoms with van der Waals surface area (Å²) in [5.74, 6) is 0.00952. The predicted molar refractivity (Wildman–Crippen MR) is 56.0 cm³/mol. The molecule has 14 heavy (non-hydrogen) atoms. The molecular formula is C10H20N2O2. The van der Waals surface area contributed by atoms with Crippen LogP contribution in [0.4, 0.5) is 0 Å². The lowest BCUT2D eigenvalue weighted by Crippen LogP contribution is -2.37. The maximum Gasteiger partial charge on any atom is 0.234 e. The molecule has 0 aliphatic heterocycles. The number of likely N-dealkylation sites (N-methyl/N-ethyl adjacent to an activating group) is 1. The van der Waals surface area contributed by atoms with Gasteiger partial charge in [0.2, 0.25) is 5.91 Å². The molecule has 0 aromatic heterocycles. The first-order valence-corrected chi connectivity index (χ1v) is 5.11. The molecule has 1 atom stereocenters. The number of ketones is 1. The summed E-state index contributed by atoms with van der Waals surface area (Å²) in [7, 11) is 0. The lowest BCUT2D eigenvalue weighted by molar-refractivity contribution is -0.126. The van der Waals surface area contributed by atoms with E-state index in [1.807, 2.05) is 20.8 Å². The first kappa shape index (κ1) is 13.1. The molecule has 0 radical (unpaired) electrons. The van der Waals surface area contributed by atoms with E-state index in [9.17, 15) is 9.59 Å².